The molecule has 17 heavy (non-hydrogen) atoms. The lowest BCUT2D eigenvalue weighted by atomic mass is 9.94. The summed E-state index contributed by atoms with van der Waals surface area (Å²) in [5.41, 5.74) is 1.28. The van der Waals surface area contributed by atoms with Crippen LogP contribution >= 0.6 is 0 Å². The Morgan fingerprint density at radius 2 is 2.47 bits per heavy atom. The Kier molecular flexibility index (Phi) is 4.26. The number of pyridine rings is 1. The van der Waals surface area contributed by atoms with Gasteiger partial charge in [0.15, 0.2) is 0 Å². The van der Waals surface area contributed by atoms with Crippen LogP contribution in [0.4, 0.5) is 0 Å². The van der Waals surface area contributed by atoms with Crippen molar-refractivity contribution in [2.24, 2.45) is 5.92 Å². The second-order valence-electron chi connectivity index (χ2n) is 4.86. The van der Waals surface area contributed by atoms with Gasteiger partial charge in [-0.25, -0.2) is 0 Å². The van der Waals surface area contributed by atoms with Crippen LogP contribution in [0.2, 0.25) is 0 Å². The molecule has 1 saturated heterocycles. The Morgan fingerprint density at radius 3 is 3.18 bits per heavy atom. The van der Waals surface area contributed by atoms with Crippen LogP contribution in [-0.2, 0) is 11.2 Å². The molecule has 0 aliphatic carbocycles. The molecule has 0 N–H and O–H groups in total. The maximum atomic E-state index is 11.4. The molecule has 3 nitrogen and oxygen atoms in total. The molecule has 0 saturated carbocycles. The van der Waals surface area contributed by atoms with E-state index in [4.69, 9.17) is 0 Å². The smallest absolute Gasteiger partial charge is 0.134 e. The van der Waals surface area contributed by atoms with Gasteiger partial charge in [-0.05, 0) is 44.4 Å². The van der Waals surface area contributed by atoms with E-state index in [9.17, 15) is 4.79 Å². The van der Waals surface area contributed by atoms with Crippen molar-refractivity contribution in [2.75, 3.05) is 19.6 Å². The molecule has 1 atom stereocenters. The summed E-state index contributed by atoms with van der Waals surface area (Å²) in [6, 6.07) is 4.09. The summed E-state index contributed by atoms with van der Waals surface area (Å²) in [5.74, 6) is 0.605. The summed E-state index contributed by atoms with van der Waals surface area (Å²) in [7, 11) is 0. The second kappa shape index (κ2) is 5.92. The van der Waals surface area contributed by atoms with Crippen molar-refractivity contribution in [3.63, 3.8) is 0 Å². The summed E-state index contributed by atoms with van der Waals surface area (Å²) < 4.78 is 0. The minimum absolute atomic E-state index is 0.262. The van der Waals surface area contributed by atoms with Gasteiger partial charge in [0.05, 0.1) is 0 Å². The van der Waals surface area contributed by atoms with Gasteiger partial charge in [-0.3, -0.25) is 9.78 Å². The fourth-order valence-electron chi connectivity index (χ4n) is 2.42. The van der Waals surface area contributed by atoms with Crippen LogP contribution in [0.1, 0.15) is 25.3 Å². The molecule has 0 aromatic carbocycles. The maximum absolute atomic E-state index is 11.4. The largest absolute Gasteiger partial charge is 0.302 e. The second-order valence-corrected chi connectivity index (χ2v) is 4.86. The van der Waals surface area contributed by atoms with Crippen molar-refractivity contribution >= 4 is 5.78 Å². The van der Waals surface area contributed by atoms with Crippen LogP contribution in [0.5, 0.6) is 0 Å². The molecule has 0 bridgehead atoms. The normalized spacial score (nSPS) is 21.4. The van der Waals surface area contributed by atoms with Gasteiger partial charge in [0.2, 0.25) is 0 Å². The third-order valence-electron chi connectivity index (χ3n) is 3.52. The third-order valence-corrected chi connectivity index (χ3v) is 3.52. The third kappa shape index (κ3) is 3.63. The van der Waals surface area contributed by atoms with E-state index < -0.39 is 0 Å². The highest BCUT2D eigenvalue weighted by molar-refractivity contribution is 5.78. The van der Waals surface area contributed by atoms with Crippen LogP contribution in [0, 0.1) is 5.92 Å². The van der Waals surface area contributed by atoms with Crippen LogP contribution < -0.4 is 0 Å². The van der Waals surface area contributed by atoms with Crippen LogP contribution in [-0.4, -0.2) is 35.3 Å². The molecule has 3 heteroatoms. The minimum Gasteiger partial charge on any atom is -0.302 e. The summed E-state index contributed by atoms with van der Waals surface area (Å²) in [5, 5.41) is 0. The molecule has 1 aliphatic heterocycles. The van der Waals surface area contributed by atoms with Crippen LogP contribution in [0.25, 0.3) is 0 Å². The molecule has 1 aromatic heterocycles. The Labute approximate surface area is 103 Å². The van der Waals surface area contributed by atoms with Gasteiger partial charge >= 0.3 is 0 Å². The Bertz CT molecular complexity index is 364. The number of hydrogen-bond acceptors (Lipinski definition) is 3. The average Bonchev–Trinajstić information content (AvgIpc) is 2.38. The minimum atomic E-state index is 0.262. The first-order valence-electron chi connectivity index (χ1n) is 6.37. The Balaban J connectivity index is 1.81. The number of ketones is 1. The van der Waals surface area contributed by atoms with Crippen molar-refractivity contribution < 1.29 is 4.79 Å². The number of hydrogen-bond donors (Lipinski definition) is 0. The summed E-state index contributed by atoms with van der Waals surface area (Å²) >= 11 is 0. The predicted molar refractivity (Wildman–Crippen MR) is 67.8 cm³/mol. The van der Waals surface area contributed by atoms with E-state index in [0.717, 1.165) is 38.9 Å². The maximum Gasteiger partial charge on any atom is 0.134 e. The van der Waals surface area contributed by atoms with Crippen molar-refractivity contribution in [2.45, 2.75) is 26.2 Å². The lowest BCUT2D eigenvalue weighted by Gasteiger charge is -2.31. The van der Waals surface area contributed by atoms with Crippen molar-refractivity contribution in [1.82, 2.24) is 9.88 Å². The molecular formula is C14H20N2O. The SMILES string of the molecule is CC(=O)C1CCCN(CCc2cccnc2)C1. The monoisotopic (exact) mass is 232 g/mol. The standard InChI is InChI=1S/C14H20N2O/c1-12(17)14-5-3-8-16(11-14)9-6-13-4-2-7-15-10-13/h2,4,7,10,14H,3,5-6,8-9,11H2,1H3. The summed E-state index contributed by atoms with van der Waals surface area (Å²) in [6.07, 6.45) is 6.97. The number of nitrogens with zero attached hydrogens (tertiary/aromatic N) is 2. The fraction of sp³-hybridized carbons (Fsp3) is 0.571. The number of aromatic nitrogens is 1. The average molecular weight is 232 g/mol. The lowest BCUT2D eigenvalue weighted by Crippen LogP contribution is -2.39. The number of rotatable bonds is 4. The quantitative estimate of drug-likeness (QED) is 0.795. The zero-order chi connectivity index (χ0) is 12.1. The van der Waals surface area contributed by atoms with Crippen molar-refractivity contribution in [3.05, 3.63) is 30.1 Å². The fourth-order valence-corrected chi connectivity index (χ4v) is 2.42. The van der Waals surface area contributed by atoms with E-state index in [2.05, 4.69) is 16.0 Å². The number of Topliss-reactive ketones (excluding diaryl/α,β-unsaturated/α-hetero) is 1. The van der Waals surface area contributed by atoms with Gasteiger partial charge in [0, 0.05) is 31.4 Å². The van der Waals surface area contributed by atoms with Gasteiger partial charge in [0.1, 0.15) is 5.78 Å². The number of piperidine rings is 1. The van der Waals surface area contributed by atoms with Crippen molar-refractivity contribution in [3.8, 4) is 0 Å². The molecule has 0 spiro atoms. The zero-order valence-electron chi connectivity index (χ0n) is 10.4. The molecule has 0 amide bonds. The summed E-state index contributed by atoms with van der Waals surface area (Å²) in [6.45, 7) is 4.82. The topological polar surface area (TPSA) is 33.2 Å². The molecule has 1 fully saturated rings. The van der Waals surface area contributed by atoms with E-state index in [1.54, 1.807) is 13.1 Å². The van der Waals surface area contributed by atoms with Crippen molar-refractivity contribution in [1.29, 1.82) is 0 Å². The lowest BCUT2D eigenvalue weighted by molar-refractivity contribution is -0.122. The number of carbonyl (C=O) groups is 1. The molecule has 1 aliphatic rings. The van der Waals surface area contributed by atoms with E-state index >= 15 is 0 Å². The first-order valence-corrected chi connectivity index (χ1v) is 6.37. The molecule has 0 radical (unpaired) electrons. The highest BCUT2D eigenvalue weighted by Crippen LogP contribution is 2.17. The van der Waals surface area contributed by atoms with Crippen LogP contribution in [0.3, 0.4) is 0 Å². The molecule has 2 rings (SSSR count). The van der Waals surface area contributed by atoms with Gasteiger partial charge in [-0.2, -0.15) is 0 Å². The highest BCUT2D eigenvalue weighted by atomic mass is 16.1. The van der Waals surface area contributed by atoms with E-state index in [0.29, 0.717) is 5.78 Å². The molecule has 1 aromatic rings. The van der Waals surface area contributed by atoms with Gasteiger partial charge < -0.3 is 4.90 Å². The van der Waals surface area contributed by atoms with E-state index in [-0.39, 0.29) is 5.92 Å². The number of carbonyl (C=O) groups excluding carboxylic acids is 1. The van der Waals surface area contributed by atoms with Crippen LogP contribution in [0.15, 0.2) is 24.5 Å². The van der Waals surface area contributed by atoms with Gasteiger partial charge in [-0.15, -0.1) is 0 Å². The first kappa shape index (κ1) is 12.2. The molecule has 92 valence electrons. The summed E-state index contributed by atoms with van der Waals surface area (Å²) in [4.78, 5) is 17.9. The first-order chi connectivity index (χ1) is 8.25. The molecule has 2 heterocycles. The van der Waals surface area contributed by atoms with E-state index in [1.165, 1.54) is 5.56 Å². The predicted octanol–water partition coefficient (Wildman–Crippen LogP) is 1.93. The molecular weight excluding hydrogens is 212 g/mol. The highest BCUT2D eigenvalue weighted by Gasteiger charge is 2.22. The Morgan fingerprint density at radius 1 is 1.59 bits per heavy atom. The van der Waals surface area contributed by atoms with E-state index in [1.807, 2.05) is 12.3 Å². The molecule has 1 unspecified atom stereocenters. The Hall–Kier alpha value is -1.22. The van der Waals surface area contributed by atoms with Gasteiger partial charge in [-0.1, -0.05) is 6.07 Å². The zero-order valence-corrected chi connectivity index (χ0v) is 10.4. The van der Waals surface area contributed by atoms with Gasteiger partial charge in [0.25, 0.3) is 0 Å². The number of likely N-dealkylation sites (tertiary alicyclic amines) is 1.